The van der Waals surface area contributed by atoms with Gasteiger partial charge in [0.15, 0.2) is 11.5 Å². The summed E-state index contributed by atoms with van der Waals surface area (Å²) in [5.74, 6) is -0.0420. The first-order valence-corrected chi connectivity index (χ1v) is 23.6. The SMILES string of the molecule is CC1(S(=O)(=O)NC(=O)[C@@]23CC[C@H]2/C=C\CCCCC[C@H](NC(=O)OC2CCCC2)C(=O)N2C[C@@]4(CCc5c(c(C6CC6)nc6ccc7c(c56)OCO7)O4)C[C@H]2C(=O)N3)CC1. The number of rotatable bonds is 6. The summed E-state index contributed by atoms with van der Waals surface area (Å²) in [6.45, 7) is 1.78. The lowest BCUT2D eigenvalue weighted by molar-refractivity contribution is -0.144. The second kappa shape index (κ2) is 14.8. The van der Waals surface area contributed by atoms with Crippen LogP contribution in [0.3, 0.4) is 0 Å². The average Bonchev–Trinajstić information content (AvgIpc) is 4.03. The van der Waals surface area contributed by atoms with Gasteiger partial charge in [0.25, 0.3) is 5.91 Å². The first-order chi connectivity index (χ1) is 28.9. The van der Waals surface area contributed by atoms with Crippen LogP contribution in [-0.4, -0.2) is 89.5 Å². The van der Waals surface area contributed by atoms with Crippen molar-refractivity contribution in [1.29, 1.82) is 0 Å². The molecule has 10 rings (SSSR count). The standard InChI is InChI=1S/C44H55N5O10S/c1-42(21-22-42)60(54,55)48-40(52)44-20-17-27(44)9-5-3-2-4-6-12-31(46-41(53)58-28-10-7-8-11-28)39(51)49-24-43(23-32(49)38(50)47-44)19-18-29-34-30(15-16-33-37(34)57-25-56-33)45-35(26-13-14-26)36(29)59-43/h5,9,15-16,26-28,31-32H,2-4,6-8,10-14,17-25H2,1H3,(H,46,53)(H,47,50)(H,48,52)/b9-5-/t27-,31+,32+,43-,44-/m1/s1. The van der Waals surface area contributed by atoms with Crippen molar-refractivity contribution in [2.75, 3.05) is 13.3 Å². The van der Waals surface area contributed by atoms with Crippen LogP contribution in [0.25, 0.3) is 10.9 Å². The van der Waals surface area contributed by atoms with Crippen LogP contribution in [-0.2, 0) is 35.6 Å². The number of carbonyl (C=O) groups excluding carboxylic acids is 4. The molecule has 1 spiro atoms. The maximum absolute atomic E-state index is 15.0. The molecule has 4 amide bonds. The van der Waals surface area contributed by atoms with E-state index in [-0.39, 0.29) is 38.2 Å². The van der Waals surface area contributed by atoms with E-state index in [1.165, 1.54) is 4.90 Å². The monoisotopic (exact) mass is 845 g/mol. The molecule has 1 saturated heterocycles. The van der Waals surface area contributed by atoms with Crippen LogP contribution in [0.4, 0.5) is 4.79 Å². The highest BCUT2D eigenvalue weighted by Crippen LogP contribution is 2.54. The molecule has 1 aromatic carbocycles. The van der Waals surface area contributed by atoms with E-state index in [4.69, 9.17) is 23.9 Å². The Morgan fingerprint density at radius 3 is 2.50 bits per heavy atom. The van der Waals surface area contributed by atoms with Gasteiger partial charge in [-0.3, -0.25) is 19.1 Å². The number of hydrogen-bond donors (Lipinski definition) is 3. The summed E-state index contributed by atoms with van der Waals surface area (Å²) in [5, 5.41) is 6.79. The van der Waals surface area contributed by atoms with Gasteiger partial charge in [0.05, 0.1) is 27.9 Å². The molecule has 15 nitrogen and oxygen atoms in total. The summed E-state index contributed by atoms with van der Waals surface area (Å²) in [6.07, 6.45) is 14.7. The number of fused-ring (bicyclic) bond motifs is 7. The number of alkyl carbamates (subject to hydrolysis) is 1. The van der Waals surface area contributed by atoms with Gasteiger partial charge in [0.1, 0.15) is 35.1 Å². The van der Waals surface area contributed by atoms with E-state index in [2.05, 4.69) is 15.4 Å². The molecule has 3 N–H and O–H groups in total. The fraction of sp³-hybridized carbons (Fsp3) is 0.659. The minimum absolute atomic E-state index is 0.0587. The molecule has 5 fully saturated rings. The molecular formula is C44H55N5O10S. The van der Waals surface area contributed by atoms with Gasteiger partial charge in [-0.25, -0.2) is 18.2 Å². The van der Waals surface area contributed by atoms with E-state index in [9.17, 15) is 18.0 Å². The molecule has 60 heavy (non-hydrogen) atoms. The minimum Gasteiger partial charge on any atom is -0.483 e. The second-order valence-corrected chi connectivity index (χ2v) is 21.0. The highest BCUT2D eigenvalue weighted by Gasteiger charge is 2.60. The molecule has 8 aliphatic rings. The number of aromatic nitrogens is 1. The third kappa shape index (κ3) is 6.94. The van der Waals surface area contributed by atoms with E-state index in [0.717, 1.165) is 73.5 Å². The van der Waals surface area contributed by atoms with Crippen LogP contribution in [0.5, 0.6) is 17.2 Å². The number of ether oxygens (including phenoxy) is 4. The molecule has 0 unspecified atom stereocenters. The molecule has 0 radical (unpaired) electrons. The molecule has 0 bridgehead atoms. The molecular weight excluding hydrogens is 791 g/mol. The summed E-state index contributed by atoms with van der Waals surface area (Å²) in [6, 6.07) is 1.77. The Morgan fingerprint density at radius 1 is 0.950 bits per heavy atom. The van der Waals surface area contributed by atoms with Gasteiger partial charge in [-0.1, -0.05) is 25.0 Å². The fourth-order valence-electron chi connectivity index (χ4n) is 10.3. The fourth-order valence-corrected chi connectivity index (χ4v) is 11.7. The van der Waals surface area contributed by atoms with Crippen molar-refractivity contribution < 1.29 is 46.5 Å². The van der Waals surface area contributed by atoms with Crippen LogP contribution in [0.15, 0.2) is 24.3 Å². The van der Waals surface area contributed by atoms with Crippen LogP contribution in [0.1, 0.15) is 133 Å². The number of amides is 4. The van der Waals surface area contributed by atoms with Gasteiger partial charge in [-0.15, -0.1) is 0 Å². The lowest BCUT2D eigenvalue weighted by atomic mass is 9.65. The molecule has 4 aliphatic heterocycles. The van der Waals surface area contributed by atoms with Gasteiger partial charge in [0, 0.05) is 23.8 Å². The maximum atomic E-state index is 15.0. The van der Waals surface area contributed by atoms with Crippen LogP contribution in [0, 0.1) is 5.92 Å². The Morgan fingerprint density at radius 2 is 1.75 bits per heavy atom. The maximum Gasteiger partial charge on any atom is 0.408 e. The smallest absolute Gasteiger partial charge is 0.408 e. The van der Waals surface area contributed by atoms with Crippen molar-refractivity contribution in [1.82, 2.24) is 25.2 Å². The zero-order valence-electron chi connectivity index (χ0n) is 34.2. The Hall–Kier alpha value is -4.60. The zero-order chi connectivity index (χ0) is 41.4. The third-order valence-electron chi connectivity index (χ3n) is 14.6. The van der Waals surface area contributed by atoms with Gasteiger partial charge in [0.2, 0.25) is 28.6 Å². The van der Waals surface area contributed by atoms with E-state index in [1.54, 1.807) is 6.92 Å². The predicted octanol–water partition coefficient (Wildman–Crippen LogP) is 5.33. The number of nitrogens with one attached hydrogen (secondary N) is 3. The Labute approximate surface area is 350 Å². The van der Waals surface area contributed by atoms with Gasteiger partial charge < -0.3 is 34.5 Å². The Bertz CT molecular complexity index is 2270. The van der Waals surface area contributed by atoms with Gasteiger partial charge >= 0.3 is 6.09 Å². The number of nitrogens with zero attached hydrogens (tertiary/aromatic N) is 2. The average molecular weight is 846 g/mol. The summed E-state index contributed by atoms with van der Waals surface area (Å²) in [7, 11) is -4.01. The van der Waals surface area contributed by atoms with Gasteiger partial charge in [-0.05, 0) is 115 Å². The molecule has 5 heterocycles. The highest BCUT2D eigenvalue weighted by molar-refractivity contribution is 7.91. The van der Waals surface area contributed by atoms with Gasteiger partial charge in [-0.2, -0.15) is 0 Å². The quantitative estimate of drug-likeness (QED) is 0.319. The summed E-state index contributed by atoms with van der Waals surface area (Å²) in [5.41, 5.74) is 0.0861. The minimum atomic E-state index is -4.01. The molecule has 1 aromatic heterocycles. The van der Waals surface area contributed by atoms with E-state index < -0.39 is 67.7 Å². The molecule has 4 saturated carbocycles. The largest absolute Gasteiger partial charge is 0.483 e. The van der Waals surface area contributed by atoms with Crippen LogP contribution in [0.2, 0.25) is 0 Å². The number of benzene rings is 1. The Kier molecular flexibility index (Phi) is 9.75. The third-order valence-corrected chi connectivity index (χ3v) is 16.8. The summed E-state index contributed by atoms with van der Waals surface area (Å²) in [4.78, 5) is 64.3. The molecule has 5 atom stereocenters. The molecule has 2 aromatic rings. The van der Waals surface area contributed by atoms with E-state index in [0.29, 0.717) is 68.6 Å². The van der Waals surface area contributed by atoms with Crippen molar-refractivity contribution in [2.45, 2.75) is 162 Å². The molecule has 322 valence electrons. The molecule has 4 aliphatic carbocycles. The zero-order valence-corrected chi connectivity index (χ0v) is 35.0. The first kappa shape index (κ1) is 39.5. The first-order valence-electron chi connectivity index (χ1n) is 22.1. The normalized spacial score (nSPS) is 31.7. The van der Waals surface area contributed by atoms with Crippen molar-refractivity contribution in [3.05, 3.63) is 35.5 Å². The molecule has 16 heteroatoms. The van der Waals surface area contributed by atoms with Crippen molar-refractivity contribution in [3.8, 4) is 17.2 Å². The highest BCUT2D eigenvalue weighted by atomic mass is 32.2. The predicted molar refractivity (Wildman–Crippen MR) is 218 cm³/mol. The second-order valence-electron chi connectivity index (χ2n) is 18.8. The van der Waals surface area contributed by atoms with Crippen molar-refractivity contribution in [3.63, 3.8) is 0 Å². The number of aryl methyl sites for hydroxylation is 1. The topological polar surface area (TPSA) is 192 Å². The number of carbonyl (C=O) groups is 4. The van der Waals surface area contributed by atoms with Crippen molar-refractivity contribution >= 4 is 44.7 Å². The lowest BCUT2D eigenvalue weighted by Gasteiger charge is -2.48. The summed E-state index contributed by atoms with van der Waals surface area (Å²) < 4.78 is 52.8. The van der Waals surface area contributed by atoms with Crippen LogP contribution >= 0.6 is 0 Å². The number of hydrogen-bond acceptors (Lipinski definition) is 11. The number of allylic oxidation sites excluding steroid dienone is 1. The summed E-state index contributed by atoms with van der Waals surface area (Å²) >= 11 is 0. The van der Waals surface area contributed by atoms with E-state index >= 15 is 9.59 Å². The number of sulfonamides is 1. The van der Waals surface area contributed by atoms with Crippen molar-refractivity contribution in [2.24, 2.45) is 5.92 Å². The lowest BCUT2D eigenvalue weighted by Crippen LogP contribution is -2.70. The Balaban J connectivity index is 1.01. The number of pyridine rings is 1. The van der Waals surface area contributed by atoms with E-state index in [1.807, 2.05) is 24.3 Å². The van der Waals surface area contributed by atoms with Crippen LogP contribution < -0.4 is 29.6 Å².